The van der Waals surface area contributed by atoms with Gasteiger partial charge in [0.25, 0.3) is 5.91 Å². The Morgan fingerprint density at radius 1 is 1.44 bits per heavy atom. The van der Waals surface area contributed by atoms with Gasteiger partial charge in [-0.3, -0.25) is 10.1 Å². The summed E-state index contributed by atoms with van der Waals surface area (Å²) in [5.41, 5.74) is 6.45. The van der Waals surface area contributed by atoms with E-state index in [1.54, 1.807) is 25.1 Å². The van der Waals surface area contributed by atoms with Crippen LogP contribution in [0.25, 0.3) is 0 Å². The van der Waals surface area contributed by atoms with Crippen LogP contribution in [0.5, 0.6) is 5.75 Å². The Morgan fingerprint density at radius 3 is 2.83 bits per heavy atom. The van der Waals surface area contributed by atoms with E-state index in [-0.39, 0.29) is 6.01 Å². The third-order valence-corrected chi connectivity index (χ3v) is 2.22. The molecule has 2 rings (SSSR count). The molecule has 0 aliphatic rings. The highest BCUT2D eigenvalue weighted by Gasteiger charge is 2.15. The number of nitrogen functional groups attached to an aromatic ring is 1. The molecule has 0 saturated carbocycles. The number of aromatic nitrogens is 2. The molecule has 7 nitrogen and oxygen atoms in total. The second-order valence-corrected chi connectivity index (χ2v) is 3.54. The molecule has 3 N–H and O–H groups in total. The first kappa shape index (κ1) is 11.9. The molecular weight excluding hydrogens is 236 g/mol. The largest absolute Gasteiger partial charge is 0.496 e. The molecule has 0 aliphatic heterocycles. The fourth-order valence-electron chi connectivity index (χ4n) is 1.41. The van der Waals surface area contributed by atoms with Crippen LogP contribution in [0.1, 0.15) is 16.2 Å². The molecule has 0 aliphatic carbocycles. The second-order valence-electron chi connectivity index (χ2n) is 3.54. The van der Waals surface area contributed by atoms with Crippen molar-refractivity contribution in [2.45, 2.75) is 6.92 Å². The summed E-state index contributed by atoms with van der Waals surface area (Å²) in [7, 11) is 1.46. The van der Waals surface area contributed by atoms with Crippen molar-refractivity contribution in [3.05, 3.63) is 29.7 Å². The average molecular weight is 248 g/mol. The number of nitrogens with zero attached hydrogens (tertiary/aromatic N) is 2. The minimum Gasteiger partial charge on any atom is -0.496 e. The van der Waals surface area contributed by atoms with Crippen LogP contribution in [0.3, 0.4) is 0 Å². The predicted molar refractivity (Wildman–Crippen MR) is 64.4 cm³/mol. The van der Waals surface area contributed by atoms with Gasteiger partial charge in [0, 0.05) is 18.7 Å². The van der Waals surface area contributed by atoms with Gasteiger partial charge in [0.1, 0.15) is 5.75 Å². The van der Waals surface area contributed by atoms with Crippen LogP contribution >= 0.6 is 0 Å². The maximum atomic E-state index is 12.0. The lowest BCUT2D eigenvalue weighted by molar-refractivity contribution is 0.102. The number of hydrogen-bond donors (Lipinski definition) is 2. The van der Waals surface area contributed by atoms with Crippen LogP contribution in [0.2, 0.25) is 0 Å². The number of benzene rings is 1. The highest BCUT2D eigenvalue weighted by atomic mass is 16.5. The molecule has 1 amide bonds. The molecule has 18 heavy (non-hydrogen) atoms. The van der Waals surface area contributed by atoms with E-state index in [0.29, 0.717) is 22.9 Å². The summed E-state index contributed by atoms with van der Waals surface area (Å²) >= 11 is 0. The van der Waals surface area contributed by atoms with Gasteiger partial charge in [-0.1, -0.05) is 5.10 Å². The maximum Gasteiger partial charge on any atom is 0.322 e. The van der Waals surface area contributed by atoms with Crippen molar-refractivity contribution in [1.82, 2.24) is 10.2 Å². The van der Waals surface area contributed by atoms with E-state index in [0.717, 1.165) is 0 Å². The molecule has 0 radical (unpaired) electrons. The monoisotopic (exact) mass is 248 g/mol. The number of carbonyl (C=O) groups excluding carboxylic acids is 1. The maximum absolute atomic E-state index is 12.0. The molecule has 1 heterocycles. The van der Waals surface area contributed by atoms with Crippen LogP contribution in [0, 0.1) is 6.92 Å². The van der Waals surface area contributed by atoms with Gasteiger partial charge in [0.2, 0.25) is 5.89 Å². The third kappa shape index (κ3) is 2.40. The van der Waals surface area contributed by atoms with Crippen molar-refractivity contribution in [2.75, 3.05) is 18.2 Å². The van der Waals surface area contributed by atoms with Gasteiger partial charge >= 0.3 is 6.01 Å². The first-order valence-electron chi connectivity index (χ1n) is 5.15. The van der Waals surface area contributed by atoms with Crippen molar-refractivity contribution in [2.24, 2.45) is 0 Å². The molecule has 2 aromatic rings. The molecule has 1 aromatic heterocycles. The van der Waals surface area contributed by atoms with Gasteiger partial charge in [-0.15, -0.1) is 5.10 Å². The Bertz CT molecular complexity index is 579. The lowest BCUT2D eigenvalue weighted by Gasteiger charge is -2.07. The van der Waals surface area contributed by atoms with Gasteiger partial charge in [-0.05, 0) is 12.1 Å². The number of carbonyl (C=O) groups is 1. The topological polar surface area (TPSA) is 103 Å². The Kier molecular flexibility index (Phi) is 3.13. The molecular formula is C11H12N4O3. The van der Waals surface area contributed by atoms with Crippen molar-refractivity contribution in [1.29, 1.82) is 0 Å². The third-order valence-electron chi connectivity index (χ3n) is 2.22. The van der Waals surface area contributed by atoms with Crippen LogP contribution in [-0.4, -0.2) is 23.2 Å². The van der Waals surface area contributed by atoms with Crippen molar-refractivity contribution < 1.29 is 13.9 Å². The van der Waals surface area contributed by atoms with Crippen LogP contribution in [0.15, 0.2) is 22.6 Å². The standard InChI is InChI=1S/C11H12N4O3/c1-6-14-15-11(18-6)13-10(16)8-4-3-7(12)5-9(8)17-2/h3-5H,12H2,1-2H3,(H,13,15,16). The number of hydrogen-bond acceptors (Lipinski definition) is 6. The number of ether oxygens (including phenoxy) is 1. The molecule has 1 aromatic carbocycles. The predicted octanol–water partition coefficient (Wildman–Crippen LogP) is 1.22. The normalized spacial score (nSPS) is 10.1. The van der Waals surface area contributed by atoms with Gasteiger partial charge in [0.05, 0.1) is 12.7 Å². The molecule has 0 bridgehead atoms. The van der Waals surface area contributed by atoms with E-state index < -0.39 is 5.91 Å². The number of nitrogens with two attached hydrogens (primary N) is 1. The van der Waals surface area contributed by atoms with Crippen molar-refractivity contribution >= 4 is 17.6 Å². The Balaban J connectivity index is 2.23. The van der Waals surface area contributed by atoms with Crippen molar-refractivity contribution in [3.63, 3.8) is 0 Å². The van der Waals surface area contributed by atoms with Gasteiger partial charge < -0.3 is 14.9 Å². The zero-order valence-electron chi connectivity index (χ0n) is 9.93. The Labute approximate surface area is 103 Å². The van der Waals surface area contributed by atoms with E-state index in [1.165, 1.54) is 7.11 Å². The van der Waals surface area contributed by atoms with Crippen molar-refractivity contribution in [3.8, 4) is 5.75 Å². The number of amides is 1. The van der Waals surface area contributed by atoms with Crippen LogP contribution in [0.4, 0.5) is 11.7 Å². The number of rotatable bonds is 3. The van der Waals surface area contributed by atoms with E-state index >= 15 is 0 Å². The fourth-order valence-corrected chi connectivity index (χ4v) is 1.41. The van der Waals surface area contributed by atoms with Crippen LogP contribution in [-0.2, 0) is 0 Å². The Morgan fingerprint density at radius 2 is 2.22 bits per heavy atom. The Hall–Kier alpha value is -2.57. The van der Waals surface area contributed by atoms with Gasteiger partial charge in [-0.2, -0.15) is 0 Å². The number of anilines is 2. The minimum absolute atomic E-state index is 0.0383. The second kappa shape index (κ2) is 4.74. The van der Waals surface area contributed by atoms with E-state index in [2.05, 4.69) is 15.5 Å². The average Bonchev–Trinajstić information content (AvgIpc) is 2.74. The smallest absolute Gasteiger partial charge is 0.322 e. The summed E-state index contributed by atoms with van der Waals surface area (Å²) in [5, 5.41) is 9.75. The lowest BCUT2D eigenvalue weighted by atomic mass is 10.1. The molecule has 0 atom stereocenters. The highest BCUT2D eigenvalue weighted by molar-refractivity contribution is 6.05. The zero-order chi connectivity index (χ0) is 13.1. The number of methoxy groups -OCH3 is 1. The van der Waals surface area contributed by atoms with E-state index in [4.69, 9.17) is 14.9 Å². The van der Waals surface area contributed by atoms with E-state index in [9.17, 15) is 4.79 Å². The minimum atomic E-state index is -0.407. The molecule has 0 unspecified atom stereocenters. The summed E-state index contributed by atoms with van der Waals surface area (Å²) < 4.78 is 10.1. The summed E-state index contributed by atoms with van der Waals surface area (Å²) in [4.78, 5) is 12.0. The quantitative estimate of drug-likeness (QED) is 0.791. The van der Waals surface area contributed by atoms with Gasteiger partial charge in [-0.25, -0.2) is 0 Å². The molecule has 0 fully saturated rings. The summed E-state index contributed by atoms with van der Waals surface area (Å²) in [5.74, 6) is 0.341. The summed E-state index contributed by atoms with van der Waals surface area (Å²) in [6.45, 7) is 1.63. The molecule has 0 spiro atoms. The molecule has 0 saturated heterocycles. The zero-order valence-corrected chi connectivity index (χ0v) is 9.93. The number of nitrogens with one attached hydrogen (secondary N) is 1. The van der Waals surface area contributed by atoms with Crippen LogP contribution < -0.4 is 15.8 Å². The molecule has 7 heteroatoms. The summed E-state index contributed by atoms with van der Waals surface area (Å²) in [6, 6.07) is 4.77. The van der Waals surface area contributed by atoms with E-state index in [1.807, 2.05) is 0 Å². The SMILES string of the molecule is COc1cc(N)ccc1C(=O)Nc1nnc(C)o1. The first-order valence-corrected chi connectivity index (χ1v) is 5.15. The molecule has 94 valence electrons. The van der Waals surface area contributed by atoms with Gasteiger partial charge in [0.15, 0.2) is 0 Å². The number of aryl methyl sites for hydroxylation is 1. The highest BCUT2D eigenvalue weighted by Crippen LogP contribution is 2.22. The lowest BCUT2D eigenvalue weighted by Crippen LogP contribution is -2.13. The fraction of sp³-hybridized carbons (Fsp3) is 0.182. The first-order chi connectivity index (χ1) is 8.60. The summed E-state index contributed by atoms with van der Waals surface area (Å²) in [6.07, 6.45) is 0.